The van der Waals surface area contributed by atoms with Crippen LogP contribution in [0.3, 0.4) is 0 Å². The fraction of sp³-hybridized carbons (Fsp3) is 0.846. The third-order valence-electron chi connectivity index (χ3n) is 8.62. The Morgan fingerprint density at radius 1 is 0.385 bits per heavy atom. The van der Waals surface area contributed by atoms with Gasteiger partial charge in [-0.15, -0.1) is 0 Å². The summed E-state index contributed by atoms with van der Waals surface area (Å²) in [6.45, 7) is 37.9. The van der Waals surface area contributed by atoms with Crippen molar-refractivity contribution >= 4 is 0 Å². The van der Waals surface area contributed by atoms with Crippen LogP contribution < -0.4 is 0 Å². The van der Waals surface area contributed by atoms with Crippen LogP contribution in [0, 0.1) is 27.1 Å². The summed E-state index contributed by atoms with van der Waals surface area (Å²) in [5.74, 6) is 0. The van der Waals surface area contributed by atoms with Crippen LogP contribution in [0.5, 0.6) is 0 Å². The van der Waals surface area contributed by atoms with Crippen LogP contribution in [-0.2, 0) is 0 Å². The zero-order valence-electron chi connectivity index (χ0n) is 20.5. The van der Waals surface area contributed by atoms with E-state index in [1.54, 1.807) is 0 Å². The molecule has 0 heteroatoms. The van der Waals surface area contributed by atoms with E-state index >= 15 is 0 Å². The predicted molar refractivity (Wildman–Crippen MR) is 124 cm³/mol. The third kappa shape index (κ3) is 4.85. The Morgan fingerprint density at radius 3 is 0.731 bits per heavy atom. The Labute approximate surface area is 167 Å². The van der Waals surface area contributed by atoms with Gasteiger partial charge in [0.2, 0.25) is 0 Å². The molecule has 0 fully saturated rings. The molecule has 0 aliphatic rings. The Bertz CT molecular complexity index is 496. The number of rotatable bonds is 4. The normalized spacial score (nSPS) is 16.6. The molecular formula is C26H52. The van der Waals surface area contributed by atoms with E-state index in [0.29, 0.717) is 0 Å². The van der Waals surface area contributed by atoms with Gasteiger partial charge in [-0.25, -0.2) is 0 Å². The summed E-state index contributed by atoms with van der Waals surface area (Å²) >= 11 is 0. The molecule has 0 N–H and O–H groups in total. The second-order valence-electron chi connectivity index (χ2n) is 11.9. The van der Waals surface area contributed by atoms with Gasteiger partial charge >= 0.3 is 0 Å². The summed E-state index contributed by atoms with van der Waals surface area (Å²) in [5.41, 5.74) is 7.00. The highest BCUT2D eigenvalue weighted by Crippen LogP contribution is 2.51. The summed E-state index contributed by atoms with van der Waals surface area (Å²) in [7, 11) is 0. The monoisotopic (exact) mass is 364 g/mol. The first kappa shape index (κ1) is 27.7. The lowest BCUT2D eigenvalue weighted by atomic mass is 9.59. The van der Waals surface area contributed by atoms with Crippen LogP contribution in [0.1, 0.15) is 118 Å². The highest BCUT2D eigenvalue weighted by atomic mass is 14.4. The summed E-state index contributed by atoms with van der Waals surface area (Å²) in [5, 5.41) is 0. The van der Waals surface area contributed by atoms with Crippen LogP contribution in [0.15, 0.2) is 22.3 Å². The lowest BCUT2D eigenvalue weighted by Gasteiger charge is -2.46. The molecule has 156 valence electrons. The molecule has 0 amide bonds. The molecule has 0 unspecified atom stereocenters. The molecule has 0 rings (SSSR count). The van der Waals surface area contributed by atoms with Gasteiger partial charge in [-0.05, 0) is 49.4 Å². The maximum absolute atomic E-state index is 2.40. The molecular weight excluding hydrogens is 312 g/mol. The fourth-order valence-corrected chi connectivity index (χ4v) is 3.28. The molecule has 0 nitrogen and oxygen atoms in total. The lowest BCUT2D eigenvalue weighted by Crippen LogP contribution is -2.35. The van der Waals surface area contributed by atoms with E-state index in [4.69, 9.17) is 0 Å². The predicted octanol–water partition coefficient (Wildman–Crippen LogP) is 9.47. The smallest absolute Gasteiger partial charge is 0.00640 e. The van der Waals surface area contributed by atoms with E-state index in [-0.39, 0.29) is 34.5 Å². The van der Waals surface area contributed by atoms with Crippen LogP contribution in [0.25, 0.3) is 0 Å². The second-order valence-corrected chi connectivity index (χ2v) is 11.9. The molecule has 0 radical (unpaired) electrons. The zero-order chi connectivity index (χ0) is 20.8. The zero-order valence-corrected chi connectivity index (χ0v) is 20.5. The molecule has 0 aliphatic heterocycles. The quantitative estimate of drug-likeness (QED) is 0.436. The Kier molecular flexibility index (Phi) is 8.36. The molecule has 0 spiro atoms. The molecule has 0 atom stereocenters. The van der Waals surface area contributed by atoms with E-state index in [9.17, 15) is 0 Å². The van der Waals surface area contributed by atoms with E-state index in [1.807, 2.05) is 0 Å². The summed E-state index contributed by atoms with van der Waals surface area (Å²) in [4.78, 5) is 0. The van der Waals surface area contributed by atoms with Crippen molar-refractivity contribution in [2.75, 3.05) is 0 Å². The van der Waals surface area contributed by atoms with Gasteiger partial charge < -0.3 is 0 Å². The van der Waals surface area contributed by atoms with Gasteiger partial charge in [0, 0.05) is 5.41 Å². The van der Waals surface area contributed by atoms with Gasteiger partial charge in [0.25, 0.3) is 0 Å². The highest BCUT2D eigenvalue weighted by Gasteiger charge is 2.40. The van der Waals surface area contributed by atoms with Crippen molar-refractivity contribution in [2.45, 2.75) is 118 Å². The molecule has 0 bridgehead atoms. The maximum atomic E-state index is 2.40. The molecule has 0 aromatic rings. The topological polar surface area (TPSA) is 0 Å². The first-order valence-corrected chi connectivity index (χ1v) is 10.0. The maximum Gasteiger partial charge on any atom is 0.00640 e. The average Bonchev–Trinajstić information content (AvgIpc) is 2.41. The van der Waals surface area contributed by atoms with Gasteiger partial charge in [0.15, 0.2) is 0 Å². The molecule has 0 heterocycles. The van der Waals surface area contributed by atoms with Gasteiger partial charge in [0.05, 0.1) is 0 Å². The van der Waals surface area contributed by atoms with Crippen LogP contribution in [-0.4, -0.2) is 0 Å². The minimum absolute atomic E-state index is 0. The molecule has 0 saturated heterocycles. The Balaban J connectivity index is 0. The Morgan fingerprint density at radius 2 is 0.577 bits per heavy atom. The van der Waals surface area contributed by atoms with E-state index in [1.165, 1.54) is 22.3 Å². The molecule has 0 aliphatic carbocycles. The van der Waals surface area contributed by atoms with Gasteiger partial charge in [-0.2, -0.15) is 0 Å². The first-order valence-electron chi connectivity index (χ1n) is 10.0. The number of hydrogen-bond donors (Lipinski definition) is 0. The number of allylic oxidation sites excluding steroid dienone is 4. The van der Waals surface area contributed by atoms with E-state index in [0.717, 1.165) is 0 Å². The van der Waals surface area contributed by atoms with Crippen LogP contribution >= 0.6 is 0 Å². The van der Waals surface area contributed by atoms with Crippen molar-refractivity contribution in [2.24, 2.45) is 27.1 Å². The van der Waals surface area contributed by atoms with Crippen molar-refractivity contribution < 1.29 is 0 Å². The SMILES string of the molecule is C.C/C(=C(\C)C(C)(C)C(C)(C)C)C(C)(C)/C(C)=C(/C)C(C)(C)C(C)(C)C. The van der Waals surface area contributed by atoms with Crippen molar-refractivity contribution in [3.05, 3.63) is 22.3 Å². The van der Waals surface area contributed by atoms with Gasteiger partial charge in [0.1, 0.15) is 0 Å². The number of hydrogen-bond acceptors (Lipinski definition) is 0. The molecule has 0 aromatic heterocycles. The molecule has 0 aromatic carbocycles. The Hall–Kier alpha value is -0.520. The summed E-state index contributed by atoms with van der Waals surface area (Å²) in [6.07, 6.45) is 0. The second kappa shape index (κ2) is 7.84. The average molecular weight is 365 g/mol. The van der Waals surface area contributed by atoms with Crippen molar-refractivity contribution in [3.8, 4) is 0 Å². The highest BCUT2D eigenvalue weighted by molar-refractivity contribution is 5.35. The largest absolute Gasteiger partial charge is 0.0776 e. The summed E-state index contributed by atoms with van der Waals surface area (Å²) < 4.78 is 0. The standard InChI is InChI=1S/C25H48.CH4/c1-17(19(3)24(13,14)21(5,6)7)23(11,12)18(2)20(4)25(15,16)22(8,9)10;/h1-16H3;1H4/b19-17-,20-18-;. The van der Waals surface area contributed by atoms with Crippen molar-refractivity contribution in [1.82, 2.24) is 0 Å². The van der Waals surface area contributed by atoms with Gasteiger partial charge in [-0.1, -0.05) is 113 Å². The minimum Gasteiger partial charge on any atom is -0.0776 e. The van der Waals surface area contributed by atoms with Crippen molar-refractivity contribution in [3.63, 3.8) is 0 Å². The third-order valence-corrected chi connectivity index (χ3v) is 8.62. The van der Waals surface area contributed by atoms with E-state index in [2.05, 4.69) is 111 Å². The summed E-state index contributed by atoms with van der Waals surface area (Å²) in [6, 6.07) is 0. The lowest BCUT2D eigenvalue weighted by molar-refractivity contribution is 0.170. The van der Waals surface area contributed by atoms with Crippen LogP contribution in [0.4, 0.5) is 0 Å². The van der Waals surface area contributed by atoms with Gasteiger partial charge in [-0.3, -0.25) is 0 Å². The fourth-order valence-electron chi connectivity index (χ4n) is 3.28. The minimum atomic E-state index is 0. The van der Waals surface area contributed by atoms with Crippen LogP contribution in [0.2, 0.25) is 0 Å². The molecule has 0 saturated carbocycles. The van der Waals surface area contributed by atoms with E-state index < -0.39 is 0 Å². The first-order chi connectivity index (χ1) is 10.6. The van der Waals surface area contributed by atoms with Crippen molar-refractivity contribution in [1.29, 1.82) is 0 Å². The molecule has 26 heavy (non-hydrogen) atoms.